The van der Waals surface area contributed by atoms with Gasteiger partial charge in [-0.1, -0.05) is 0 Å². The topological polar surface area (TPSA) is 107 Å². The summed E-state index contributed by atoms with van der Waals surface area (Å²) in [5.74, 6) is -0.203. The summed E-state index contributed by atoms with van der Waals surface area (Å²) in [7, 11) is 0. The largest absolute Gasteiger partial charge is 0.484 e. The Morgan fingerprint density at radius 2 is 1.67 bits per heavy atom. The second-order valence-corrected chi connectivity index (χ2v) is 6.08. The number of amides is 2. The number of hydrogen-bond acceptors (Lipinski definition) is 4. The summed E-state index contributed by atoms with van der Waals surface area (Å²) < 4.78 is 5.14. The Morgan fingerprint density at radius 3 is 2.10 bits per heavy atom. The van der Waals surface area contributed by atoms with E-state index in [4.69, 9.17) is 16.2 Å². The van der Waals surface area contributed by atoms with Gasteiger partial charge in [-0.15, -0.1) is 0 Å². The average Bonchev–Trinajstić information content (AvgIpc) is 2.36. The summed E-state index contributed by atoms with van der Waals surface area (Å²) in [4.78, 5) is 22.9. The average molecular weight is 293 g/mol. The van der Waals surface area contributed by atoms with E-state index in [9.17, 15) is 9.59 Å². The van der Waals surface area contributed by atoms with Crippen LogP contribution in [0.5, 0.6) is 5.75 Å². The molecule has 0 unspecified atom stereocenters. The van der Waals surface area contributed by atoms with Crippen molar-refractivity contribution in [3.05, 3.63) is 24.3 Å². The predicted octanol–water partition coefficient (Wildman–Crippen LogP) is 1.25. The van der Waals surface area contributed by atoms with E-state index < -0.39 is 16.9 Å². The molecule has 0 aliphatic carbocycles. The van der Waals surface area contributed by atoms with Crippen molar-refractivity contribution in [2.45, 2.75) is 33.2 Å². The number of primary amides is 1. The maximum absolute atomic E-state index is 12.3. The molecule has 0 heterocycles. The standard InChI is InChI=1S/C15H23N3O3/c1-14(2,15(3,4)17)13(20)18-10-5-7-11(8-6-10)21-9-12(16)19/h5-8H,9,17H2,1-4H3,(H2,16,19)(H,18,20). The number of ether oxygens (including phenoxy) is 1. The molecule has 0 aliphatic heterocycles. The summed E-state index contributed by atoms with van der Waals surface area (Å²) in [5.41, 5.74) is 10.3. The van der Waals surface area contributed by atoms with Gasteiger partial charge < -0.3 is 21.5 Å². The molecule has 0 radical (unpaired) electrons. The lowest BCUT2D eigenvalue weighted by Gasteiger charge is -2.36. The fraction of sp³-hybridized carbons (Fsp3) is 0.467. The number of rotatable bonds is 6. The molecule has 21 heavy (non-hydrogen) atoms. The van der Waals surface area contributed by atoms with Gasteiger partial charge in [0.2, 0.25) is 5.91 Å². The first-order chi connectivity index (χ1) is 9.54. The lowest BCUT2D eigenvalue weighted by atomic mass is 9.74. The maximum atomic E-state index is 12.3. The molecule has 0 saturated carbocycles. The molecule has 1 aromatic carbocycles. The Morgan fingerprint density at radius 1 is 1.14 bits per heavy atom. The maximum Gasteiger partial charge on any atom is 0.255 e. The van der Waals surface area contributed by atoms with Crippen LogP contribution in [0.4, 0.5) is 5.69 Å². The van der Waals surface area contributed by atoms with Crippen molar-refractivity contribution in [1.82, 2.24) is 0 Å². The number of nitrogens with two attached hydrogens (primary N) is 2. The summed E-state index contributed by atoms with van der Waals surface area (Å²) in [6.07, 6.45) is 0. The molecule has 1 aromatic rings. The van der Waals surface area contributed by atoms with Crippen LogP contribution in [-0.2, 0) is 9.59 Å². The molecule has 1 rings (SSSR count). The molecule has 0 atom stereocenters. The van der Waals surface area contributed by atoms with E-state index in [0.717, 1.165) is 0 Å². The van der Waals surface area contributed by atoms with Crippen LogP contribution < -0.4 is 21.5 Å². The zero-order valence-electron chi connectivity index (χ0n) is 12.9. The molecule has 0 bridgehead atoms. The van der Waals surface area contributed by atoms with Gasteiger partial charge in [0.1, 0.15) is 5.75 Å². The van der Waals surface area contributed by atoms with E-state index >= 15 is 0 Å². The minimum absolute atomic E-state index is 0.166. The van der Waals surface area contributed by atoms with E-state index in [2.05, 4.69) is 5.32 Å². The number of carbonyl (C=O) groups excluding carboxylic acids is 2. The molecule has 5 N–H and O–H groups in total. The van der Waals surface area contributed by atoms with Gasteiger partial charge in [-0.3, -0.25) is 9.59 Å². The van der Waals surface area contributed by atoms with Crippen LogP contribution >= 0.6 is 0 Å². The predicted molar refractivity (Wildman–Crippen MR) is 81.8 cm³/mol. The molecule has 0 aliphatic rings. The van der Waals surface area contributed by atoms with Gasteiger partial charge in [0.05, 0.1) is 5.41 Å². The summed E-state index contributed by atoms with van der Waals surface area (Å²) in [6, 6.07) is 6.68. The van der Waals surface area contributed by atoms with Crippen LogP contribution in [0.25, 0.3) is 0 Å². The first-order valence-electron chi connectivity index (χ1n) is 6.65. The molecule has 0 fully saturated rings. The number of benzene rings is 1. The summed E-state index contributed by atoms with van der Waals surface area (Å²) in [5, 5.41) is 2.81. The van der Waals surface area contributed by atoms with Crippen LogP contribution in [-0.4, -0.2) is 24.0 Å². The van der Waals surface area contributed by atoms with E-state index in [0.29, 0.717) is 11.4 Å². The zero-order chi connectivity index (χ0) is 16.3. The lowest BCUT2D eigenvalue weighted by Crippen LogP contribution is -2.53. The Kier molecular flexibility index (Phi) is 4.96. The summed E-state index contributed by atoms with van der Waals surface area (Å²) >= 11 is 0. The Bertz CT molecular complexity index is 516. The molecule has 6 nitrogen and oxygen atoms in total. The number of anilines is 1. The minimum atomic E-state index is -0.728. The van der Waals surface area contributed by atoms with Crippen molar-refractivity contribution in [1.29, 1.82) is 0 Å². The van der Waals surface area contributed by atoms with E-state index in [1.807, 2.05) is 13.8 Å². The molecule has 0 aromatic heterocycles. The summed E-state index contributed by atoms with van der Waals surface area (Å²) in [6.45, 7) is 7.04. The second kappa shape index (κ2) is 6.13. The third kappa shape index (κ3) is 4.46. The lowest BCUT2D eigenvalue weighted by molar-refractivity contribution is -0.126. The van der Waals surface area contributed by atoms with Crippen molar-refractivity contribution >= 4 is 17.5 Å². The fourth-order valence-corrected chi connectivity index (χ4v) is 1.37. The van der Waals surface area contributed by atoms with Gasteiger partial charge in [-0.25, -0.2) is 0 Å². The molecular formula is C15H23N3O3. The van der Waals surface area contributed by atoms with E-state index in [-0.39, 0.29) is 12.5 Å². The molecule has 0 saturated heterocycles. The van der Waals surface area contributed by atoms with Crippen LogP contribution in [0.15, 0.2) is 24.3 Å². The van der Waals surface area contributed by atoms with Crippen LogP contribution in [0, 0.1) is 5.41 Å². The van der Waals surface area contributed by atoms with E-state index in [1.165, 1.54) is 0 Å². The SMILES string of the molecule is CC(C)(N)C(C)(C)C(=O)Nc1ccc(OCC(N)=O)cc1. The Balaban J connectivity index is 2.72. The Hall–Kier alpha value is -2.08. The van der Waals surface area contributed by atoms with Gasteiger partial charge in [0.15, 0.2) is 6.61 Å². The third-order valence-electron chi connectivity index (χ3n) is 3.67. The van der Waals surface area contributed by atoms with E-state index in [1.54, 1.807) is 38.1 Å². The highest BCUT2D eigenvalue weighted by Gasteiger charge is 2.40. The van der Waals surface area contributed by atoms with Gasteiger partial charge in [0, 0.05) is 11.2 Å². The van der Waals surface area contributed by atoms with Gasteiger partial charge in [0.25, 0.3) is 5.91 Å². The molecule has 116 valence electrons. The van der Waals surface area contributed by atoms with Gasteiger partial charge >= 0.3 is 0 Å². The monoisotopic (exact) mass is 293 g/mol. The molecule has 6 heteroatoms. The van der Waals surface area contributed by atoms with Gasteiger partial charge in [-0.2, -0.15) is 0 Å². The highest BCUT2D eigenvalue weighted by Crippen LogP contribution is 2.30. The highest BCUT2D eigenvalue weighted by atomic mass is 16.5. The number of hydrogen-bond donors (Lipinski definition) is 3. The third-order valence-corrected chi connectivity index (χ3v) is 3.67. The molecular weight excluding hydrogens is 270 g/mol. The van der Waals surface area contributed by atoms with Crippen molar-refractivity contribution in [3.63, 3.8) is 0 Å². The van der Waals surface area contributed by atoms with Gasteiger partial charge in [-0.05, 0) is 52.0 Å². The van der Waals surface area contributed by atoms with Crippen molar-refractivity contribution in [2.24, 2.45) is 16.9 Å². The Labute approximate surface area is 124 Å². The zero-order valence-corrected chi connectivity index (χ0v) is 12.9. The normalized spacial score (nSPS) is 11.9. The van der Waals surface area contributed by atoms with Crippen molar-refractivity contribution in [2.75, 3.05) is 11.9 Å². The second-order valence-electron chi connectivity index (χ2n) is 6.08. The number of carbonyl (C=O) groups is 2. The van der Waals surface area contributed by atoms with Crippen LogP contribution in [0.1, 0.15) is 27.7 Å². The molecule has 2 amide bonds. The molecule has 0 spiro atoms. The minimum Gasteiger partial charge on any atom is -0.484 e. The van der Waals surface area contributed by atoms with Crippen molar-refractivity contribution < 1.29 is 14.3 Å². The first-order valence-corrected chi connectivity index (χ1v) is 6.65. The van der Waals surface area contributed by atoms with Crippen LogP contribution in [0.3, 0.4) is 0 Å². The smallest absolute Gasteiger partial charge is 0.255 e. The highest BCUT2D eigenvalue weighted by molar-refractivity contribution is 5.95. The quantitative estimate of drug-likeness (QED) is 0.733. The first kappa shape index (κ1) is 17.0. The van der Waals surface area contributed by atoms with Crippen molar-refractivity contribution in [3.8, 4) is 5.75 Å². The fourth-order valence-electron chi connectivity index (χ4n) is 1.37. The van der Waals surface area contributed by atoms with Crippen LogP contribution in [0.2, 0.25) is 0 Å². The number of nitrogens with one attached hydrogen (secondary N) is 1.